The van der Waals surface area contributed by atoms with Gasteiger partial charge in [0.15, 0.2) is 0 Å². The molecule has 1 aliphatic heterocycles. The van der Waals surface area contributed by atoms with Crippen molar-refractivity contribution in [3.8, 4) is 0 Å². The molecule has 1 saturated heterocycles. The molecule has 0 radical (unpaired) electrons. The van der Waals surface area contributed by atoms with Gasteiger partial charge >= 0.3 is 0 Å². The Morgan fingerprint density at radius 2 is 2.15 bits per heavy atom. The van der Waals surface area contributed by atoms with Gasteiger partial charge in [-0.1, -0.05) is 12.1 Å². The van der Waals surface area contributed by atoms with Crippen LogP contribution in [0.5, 0.6) is 0 Å². The summed E-state index contributed by atoms with van der Waals surface area (Å²) in [5.74, 6) is 1.49. The highest BCUT2D eigenvalue weighted by atomic mass is 16.5. The van der Waals surface area contributed by atoms with E-state index < -0.39 is 0 Å². The molecule has 0 aliphatic carbocycles. The first-order valence-corrected chi connectivity index (χ1v) is 9.52. The van der Waals surface area contributed by atoms with E-state index in [9.17, 15) is 4.79 Å². The van der Waals surface area contributed by atoms with Gasteiger partial charge in [0.2, 0.25) is 5.91 Å². The molecule has 3 rings (SSSR count). The highest BCUT2D eigenvalue weighted by Crippen LogP contribution is 2.31. The van der Waals surface area contributed by atoms with Crippen LogP contribution in [0.4, 0.5) is 0 Å². The summed E-state index contributed by atoms with van der Waals surface area (Å²) >= 11 is 0. The van der Waals surface area contributed by atoms with Crippen molar-refractivity contribution in [2.75, 3.05) is 26.7 Å². The van der Waals surface area contributed by atoms with Crippen LogP contribution in [0.15, 0.2) is 24.3 Å². The lowest BCUT2D eigenvalue weighted by molar-refractivity contribution is -0.134. The van der Waals surface area contributed by atoms with E-state index in [1.165, 1.54) is 5.52 Å². The fraction of sp³-hybridized carbons (Fsp3) is 0.600. The number of hydrogen-bond donors (Lipinski definition) is 1. The first-order chi connectivity index (χ1) is 12.5. The van der Waals surface area contributed by atoms with E-state index in [0.717, 1.165) is 37.3 Å². The van der Waals surface area contributed by atoms with Crippen LogP contribution in [0.25, 0.3) is 11.0 Å². The fourth-order valence-electron chi connectivity index (χ4n) is 3.89. The molecule has 6 heteroatoms. The number of ether oxygens (including phenoxy) is 1. The summed E-state index contributed by atoms with van der Waals surface area (Å²) in [6.45, 7) is 6.26. The molecule has 0 bridgehead atoms. The van der Waals surface area contributed by atoms with Crippen LogP contribution < -0.4 is 5.73 Å². The number of methoxy groups -OCH3 is 1. The molecular formula is C20H30N4O2. The van der Waals surface area contributed by atoms with E-state index >= 15 is 0 Å². The number of carbonyl (C=O) groups excluding carboxylic acids is 1. The molecule has 142 valence electrons. The number of fused-ring (bicyclic) bond motifs is 1. The summed E-state index contributed by atoms with van der Waals surface area (Å²) in [5, 5.41) is 0. The summed E-state index contributed by atoms with van der Waals surface area (Å²) < 4.78 is 7.60. The SMILES string of the molecule is COC(CN)CC(=O)N1CCCC(c2nc3ccccc3n2C(C)C)C1. The number of aromatic nitrogens is 2. The lowest BCUT2D eigenvalue weighted by Gasteiger charge is -2.34. The van der Waals surface area contributed by atoms with E-state index in [1.54, 1.807) is 7.11 Å². The Morgan fingerprint density at radius 3 is 2.85 bits per heavy atom. The van der Waals surface area contributed by atoms with Crippen molar-refractivity contribution >= 4 is 16.9 Å². The van der Waals surface area contributed by atoms with E-state index in [0.29, 0.717) is 19.0 Å². The van der Waals surface area contributed by atoms with Gasteiger partial charge in [-0.2, -0.15) is 0 Å². The maximum absolute atomic E-state index is 12.7. The first-order valence-electron chi connectivity index (χ1n) is 9.52. The molecule has 2 unspecified atom stereocenters. The Bertz CT molecular complexity index is 751. The van der Waals surface area contributed by atoms with Gasteiger partial charge in [0.25, 0.3) is 0 Å². The Kier molecular flexibility index (Phi) is 5.94. The molecule has 1 amide bonds. The van der Waals surface area contributed by atoms with Gasteiger partial charge in [-0.25, -0.2) is 4.98 Å². The number of likely N-dealkylation sites (tertiary alicyclic amines) is 1. The Hall–Kier alpha value is -1.92. The van der Waals surface area contributed by atoms with Crippen molar-refractivity contribution in [1.82, 2.24) is 14.5 Å². The molecule has 0 saturated carbocycles. The van der Waals surface area contributed by atoms with Gasteiger partial charge < -0.3 is 19.9 Å². The van der Waals surface area contributed by atoms with Crippen LogP contribution >= 0.6 is 0 Å². The van der Waals surface area contributed by atoms with E-state index in [4.69, 9.17) is 15.5 Å². The second-order valence-electron chi connectivity index (χ2n) is 7.40. The predicted octanol–water partition coefficient (Wildman–Crippen LogP) is 2.69. The van der Waals surface area contributed by atoms with E-state index in [2.05, 4.69) is 36.6 Å². The lowest BCUT2D eigenvalue weighted by Crippen LogP contribution is -2.42. The second-order valence-corrected chi connectivity index (χ2v) is 7.40. The number of piperidine rings is 1. The van der Waals surface area contributed by atoms with Crippen molar-refractivity contribution in [3.05, 3.63) is 30.1 Å². The Balaban J connectivity index is 1.83. The van der Waals surface area contributed by atoms with Crippen molar-refractivity contribution in [2.45, 2.75) is 51.2 Å². The smallest absolute Gasteiger partial charge is 0.225 e. The second kappa shape index (κ2) is 8.18. The number of nitrogens with zero attached hydrogens (tertiary/aromatic N) is 3. The zero-order valence-corrected chi connectivity index (χ0v) is 16.0. The Morgan fingerprint density at radius 1 is 1.38 bits per heavy atom. The van der Waals surface area contributed by atoms with Crippen molar-refractivity contribution in [1.29, 1.82) is 0 Å². The monoisotopic (exact) mass is 358 g/mol. The summed E-state index contributed by atoms with van der Waals surface area (Å²) in [7, 11) is 1.61. The molecule has 2 atom stereocenters. The Labute approximate surface area is 155 Å². The number of rotatable bonds is 6. The van der Waals surface area contributed by atoms with Gasteiger partial charge in [-0.05, 0) is 38.8 Å². The summed E-state index contributed by atoms with van der Waals surface area (Å²) in [5.41, 5.74) is 7.87. The average molecular weight is 358 g/mol. The standard InChI is InChI=1S/C20H30N4O2/c1-14(2)24-18-9-5-4-8-17(18)22-20(24)15-7-6-10-23(13-15)19(25)11-16(12-21)26-3/h4-5,8-9,14-16H,6-7,10-13,21H2,1-3H3. The minimum absolute atomic E-state index is 0.124. The molecular weight excluding hydrogens is 328 g/mol. The third kappa shape index (κ3) is 3.76. The normalized spacial score (nSPS) is 19.3. The quantitative estimate of drug-likeness (QED) is 0.862. The molecule has 2 N–H and O–H groups in total. The largest absolute Gasteiger partial charge is 0.380 e. The van der Waals surface area contributed by atoms with Gasteiger partial charge in [0.1, 0.15) is 5.82 Å². The maximum Gasteiger partial charge on any atom is 0.225 e. The first kappa shape index (κ1) is 18.9. The van der Waals surface area contributed by atoms with Crippen molar-refractivity contribution < 1.29 is 9.53 Å². The van der Waals surface area contributed by atoms with Gasteiger partial charge in [-0.3, -0.25) is 4.79 Å². The van der Waals surface area contributed by atoms with Crippen molar-refractivity contribution in [3.63, 3.8) is 0 Å². The van der Waals surface area contributed by atoms with Crippen molar-refractivity contribution in [2.24, 2.45) is 5.73 Å². The molecule has 2 heterocycles. The summed E-state index contributed by atoms with van der Waals surface area (Å²) in [6, 6.07) is 8.61. The zero-order chi connectivity index (χ0) is 18.7. The average Bonchev–Trinajstić information content (AvgIpc) is 3.06. The fourth-order valence-corrected chi connectivity index (χ4v) is 3.89. The number of para-hydroxylation sites is 2. The molecule has 6 nitrogen and oxygen atoms in total. The summed E-state index contributed by atoms with van der Waals surface area (Å²) in [4.78, 5) is 19.5. The lowest BCUT2D eigenvalue weighted by atomic mass is 9.96. The third-order valence-corrected chi connectivity index (χ3v) is 5.28. The molecule has 1 aliphatic rings. The number of benzene rings is 1. The molecule has 1 aromatic heterocycles. The van der Waals surface area contributed by atoms with Crippen LogP contribution in [0.3, 0.4) is 0 Å². The third-order valence-electron chi connectivity index (χ3n) is 5.28. The minimum Gasteiger partial charge on any atom is -0.380 e. The predicted molar refractivity (Wildman–Crippen MR) is 103 cm³/mol. The summed E-state index contributed by atoms with van der Waals surface area (Å²) in [6.07, 6.45) is 2.20. The maximum atomic E-state index is 12.7. The molecule has 1 aromatic carbocycles. The molecule has 0 spiro atoms. The number of carbonyl (C=O) groups is 1. The highest BCUT2D eigenvalue weighted by molar-refractivity contribution is 5.77. The van der Waals surface area contributed by atoms with Gasteiger partial charge in [0, 0.05) is 38.7 Å². The number of amides is 1. The van der Waals surface area contributed by atoms with E-state index in [-0.39, 0.29) is 17.9 Å². The number of imidazole rings is 1. The van der Waals surface area contributed by atoms with Gasteiger partial charge in [-0.15, -0.1) is 0 Å². The van der Waals surface area contributed by atoms with Crippen LogP contribution in [0.1, 0.15) is 50.9 Å². The minimum atomic E-state index is -0.205. The number of nitrogens with two attached hydrogens (primary N) is 1. The number of hydrogen-bond acceptors (Lipinski definition) is 4. The van der Waals surface area contributed by atoms with Crippen LogP contribution in [0, 0.1) is 0 Å². The molecule has 2 aromatic rings. The van der Waals surface area contributed by atoms with Crippen LogP contribution in [-0.2, 0) is 9.53 Å². The van der Waals surface area contributed by atoms with Crippen LogP contribution in [0.2, 0.25) is 0 Å². The van der Waals surface area contributed by atoms with Gasteiger partial charge in [0.05, 0.1) is 23.6 Å². The molecule has 26 heavy (non-hydrogen) atoms. The zero-order valence-electron chi connectivity index (χ0n) is 16.0. The highest BCUT2D eigenvalue weighted by Gasteiger charge is 2.29. The van der Waals surface area contributed by atoms with E-state index in [1.807, 2.05) is 11.0 Å². The van der Waals surface area contributed by atoms with Crippen LogP contribution in [-0.4, -0.2) is 53.2 Å². The topological polar surface area (TPSA) is 73.4 Å². The molecule has 1 fully saturated rings.